The minimum atomic E-state index is 0.929. The van der Waals surface area contributed by atoms with Gasteiger partial charge in [-0.3, -0.25) is 0 Å². The summed E-state index contributed by atoms with van der Waals surface area (Å²) in [4.78, 5) is 10.7. The number of aromatic nitrogens is 1. The Hall–Kier alpha value is -0.650. The molecular formula is C14H28N4S. The lowest BCUT2D eigenvalue weighted by molar-refractivity contribution is 0.401. The highest BCUT2D eigenvalue weighted by Gasteiger charge is 2.12. The quantitative estimate of drug-likeness (QED) is 0.753. The Morgan fingerprint density at radius 1 is 1.21 bits per heavy atom. The lowest BCUT2D eigenvalue weighted by Gasteiger charge is -2.17. The summed E-state index contributed by atoms with van der Waals surface area (Å²) in [6, 6.07) is 0. The smallest absolute Gasteiger partial charge is 0.185 e. The van der Waals surface area contributed by atoms with Crippen LogP contribution >= 0.6 is 11.3 Å². The lowest BCUT2D eigenvalue weighted by Crippen LogP contribution is -2.23. The minimum absolute atomic E-state index is 0.929. The molecule has 110 valence electrons. The Balaban J connectivity index is 2.63. The van der Waals surface area contributed by atoms with Gasteiger partial charge in [-0.15, -0.1) is 11.3 Å². The van der Waals surface area contributed by atoms with Crippen molar-refractivity contribution in [1.82, 2.24) is 15.2 Å². The summed E-state index contributed by atoms with van der Waals surface area (Å²) >= 11 is 1.83. The summed E-state index contributed by atoms with van der Waals surface area (Å²) in [7, 11) is 8.38. The number of aryl methyl sites for hydroxylation is 1. The summed E-state index contributed by atoms with van der Waals surface area (Å²) in [5.74, 6) is 0. The molecule has 0 spiro atoms. The molecular weight excluding hydrogens is 256 g/mol. The Morgan fingerprint density at radius 3 is 2.53 bits per heavy atom. The zero-order valence-corrected chi connectivity index (χ0v) is 13.8. The Labute approximate surface area is 121 Å². The van der Waals surface area contributed by atoms with Gasteiger partial charge in [0.05, 0.1) is 5.69 Å². The van der Waals surface area contributed by atoms with Gasteiger partial charge in [0.25, 0.3) is 0 Å². The van der Waals surface area contributed by atoms with Crippen LogP contribution in [0.3, 0.4) is 0 Å². The zero-order chi connectivity index (χ0) is 14.3. The van der Waals surface area contributed by atoms with Gasteiger partial charge in [0, 0.05) is 25.0 Å². The summed E-state index contributed by atoms with van der Waals surface area (Å²) < 4.78 is 0. The fourth-order valence-electron chi connectivity index (χ4n) is 1.98. The van der Waals surface area contributed by atoms with Gasteiger partial charge < -0.3 is 15.1 Å². The van der Waals surface area contributed by atoms with Crippen LogP contribution in [0.5, 0.6) is 0 Å². The van der Waals surface area contributed by atoms with E-state index >= 15 is 0 Å². The molecule has 0 aliphatic carbocycles. The summed E-state index contributed by atoms with van der Waals surface area (Å²) in [6.45, 7) is 5.33. The second-order valence-corrected chi connectivity index (χ2v) is 6.29. The fourth-order valence-corrected chi connectivity index (χ4v) is 3.09. The van der Waals surface area contributed by atoms with Crippen LogP contribution in [-0.4, -0.2) is 51.2 Å². The fraction of sp³-hybridized carbons (Fsp3) is 0.786. The van der Waals surface area contributed by atoms with Gasteiger partial charge in [-0.1, -0.05) is 13.3 Å². The van der Waals surface area contributed by atoms with Crippen LogP contribution in [0.25, 0.3) is 0 Å². The van der Waals surface area contributed by atoms with Gasteiger partial charge in [0.1, 0.15) is 0 Å². The third-order valence-corrected chi connectivity index (χ3v) is 4.23. The third-order valence-electron chi connectivity index (χ3n) is 3.02. The maximum atomic E-state index is 4.81. The predicted octanol–water partition coefficient (Wildman–Crippen LogP) is 2.20. The van der Waals surface area contributed by atoms with Crippen LogP contribution in [0.1, 0.15) is 30.3 Å². The number of thiazole rings is 1. The largest absolute Gasteiger partial charge is 0.351 e. The van der Waals surface area contributed by atoms with E-state index in [9.17, 15) is 0 Å². The first-order valence-electron chi connectivity index (χ1n) is 7.07. The number of nitrogens with one attached hydrogen (secondary N) is 1. The molecule has 1 heterocycles. The van der Waals surface area contributed by atoms with Crippen molar-refractivity contribution in [2.75, 3.05) is 46.2 Å². The van der Waals surface area contributed by atoms with Crippen LogP contribution in [-0.2, 0) is 13.0 Å². The molecule has 0 aliphatic rings. The lowest BCUT2D eigenvalue weighted by atomic mass is 10.2. The van der Waals surface area contributed by atoms with Gasteiger partial charge in [-0.25, -0.2) is 4.98 Å². The molecule has 0 amide bonds. The van der Waals surface area contributed by atoms with Gasteiger partial charge in [-0.05, 0) is 40.5 Å². The van der Waals surface area contributed by atoms with Crippen molar-refractivity contribution in [2.24, 2.45) is 0 Å². The van der Waals surface area contributed by atoms with E-state index in [0.717, 1.165) is 37.6 Å². The number of nitrogens with zero attached hydrogens (tertiary/aromatic N) is 3. The SMILES string of the molecule is CCCc1nc(N(C)CCCN(C)C)sc1CNC. The van der Waals surface area contributed by atoms with E-state index in [2.05, 4.69) is 43.2 Å². The van der Waals surface area contributed by atoms with Crippen LogP contribution in [0.2, 0.25) is 0 Å². The normalized spacial score (nSPS) is 11.3. The average molecular weight is 284 g/mol. The molecule has 0 aliphatic heterocycles. The molecule has 1 N–H and O–H groups in total. The average Bonchev–Trinajstić information content (AvgIpc) is 2.73. The van der Waals surface area contributed by atoms with Crippen molar-refractivity contribution in [1.29, 1.82) is 0 Å². The summed E-state index contributed by atoms with van der Waals surface area (Å²) in [6.07, 6.45) is 3.41. The van der Waals surface area contributed by atoms with E-state index < -0.39 is 0 Å². The van der Waals surface area contributed by atoms with Crippen LogP contribution in [0.4, 0.5) is 5.13 Å². The maximum Gasteiger partial charge on any atom is 0.185 e. The Morgan fingerprint density at radius 2 is 1.95 bits per heavy atom. The van der Waals surface area contributed by atoms with Crippen molar-refractivity contribution in [3.8, 4) is 0 Å². The Kier molecular flexibility index (Phi) is 7.34. The number of anilines is 1. The van der Waals surface area contributed by atoms with Crippen molar-refractivity contribution >= 4 is 16.5 Å². The molecule has 5 heteroatoms. The molecule has 0 fully saturated rings. The van der Waals surface area contributed by atoms with E-state index in [0.29, 0.717) is 0 Å². The van der Waals surface area contributed by atoms with Crippen molar-refractivity contribution < 1.29 is 0 Å². The molecule has 0 radical (unpaired) electrons. The molecule has 0 saturated heterocycles. The topological polar surface area (TPSA) is 31.4 Å². The van der Waals surface area contributed by atoms with E-state index in [1.807, 2.05) is 18.4 Å². The van der Waals surface area contributed by atoms with Crippen molar-refractivity contribution in [2.45, 2.75) is 32.7 Å². The molecule has 0 bridgehead atoms. The zero-order valence-electron chi connectivity index (χ0n) is 13.0. The van der Waals surface area contributed by atoms with Crippen molar-refractivity contribution in [3.63, 3.8) is 0 Å². The van der Waals surface area contributed by atoms with Gasteiger partial charge >= 0.3 is 0 Å². The first kappa shape index (κ1) is 16.4. The maximum absolute atomic E-state index is 4.81. The monoisotopic (exact) mass is 284 g/mol. The Bertz CT molecular complexity index is 339. The minimum Gasteiger partial charge on any atom is -0.351 e. The second kappa shape index (κ2) is 8.51. The van der Waals surface area contributed by atoms with Gasteiger partial charge in [-0.2, -0.15) is 0 Å². The molecule has 0 atom stereocenters. The van der Waals surface area contributed by atoms with E-state index in [-0.39, 0.29) is 0 Å². The van der Waals surface area contributed by atoms with Crippen molar-refractivity contribution in [3.05, 3.63) is 10.6 Å². The number of hydrogen-bond acceptors (Lipinski definition) is 5. The van der Waals surface area contributed by atoms with E-state index in [1.54, 1.807) is 0 Å². The standard InChI is InChI=1S/C14H28N4S/c1-6-8-12-13(11-15-2)19-14(16-12)18(5)10-7-9-17(3)4/h15H,6-11H2,1-5H3. The van der Waals surface area contributed by atoms with Crippen LogP contribution < -0.4 is 10.2 Å². The highest BCUT2D eigenvalue weighted by atomic mass is 32.1. The second-order valence-electron chi connectivity index (χ2n) is 5.23. The predicted molar refractivity (Wildman–Crippen MR) is 85.3 cm³/mol. The van der Waals surface area contributed by atoms with Gasteiger partial charge in [0.15, 0.2) is 5.13 Å². The van der Waals surface area contributed by atoms with Crippen LogP contribution in [0, 0.1) is 0 Å². The molecule has 19 heavy (non-hydrogen) atoms. The highest BCUT2D eigenvalue weighted by molar-refractivity contribution is 7.15. The molecule has 0 aromatic carbocycles. The highest BCUT2D eigenvalue weighted by Crippen LogP contribution is 2.26. The third kappa shape index (κ3) is 5.47. The molecule has 0 saturated carbocycles. The molecule has 4 nitrogen and oxygen atoms in total. The summed E-state index contributed by atoms with van der Waals surface area (Å²) in [5, 5.41) is 4.40. The number of rotatable bonds is 9. The first-order valence-corrected chi connectivity index (χ1v) is 7.89. The van der Waals surface area contributed by atoms with Gasteiger partial charge in [0.2, 0.25) is 0 Å². The van der Waals surface area contributed by atoms with E-state index in [4.69, 9.17) is 4.98 Å². The summed E-state index contributed by atoms with van der Waals surface area (Å²) in [5.41, 5.74) is 1.27. The molecule has 0 unspecified atom stereocenters. The van der Waals surface area contributed by atoms with Crippen LogP contribution in [0.15, 0.2) is 0 Å². The molecule has 1 rings (SSSR count). The molecule has 1 aromatic heterocycles. The van der Waals surface area contributed by atoms with E-state index in [1.165, 1.54) is 17.0 Å². The number of hydrogen-bond donors (Lipinski definition) is 1. The molecule has 1 aromatic rings. The first-order chi connectivity index (χ1) is 9.08.